The van der Waals surface area contributed by atoms with Crippen molar-refractivity contribution in [1.29, 1.82) is 0 Å². The molecule has 19 heavy (non-hydrogen) atoms. The fourth-order valence-corrected chi connectivity index (χ4v) is 2.79. The van der Waals surface area contributed by atoms with Crippen molar-refractivity contribution < 1.29 is 4.79 Å². The third-order valence-electron chi connectivity index (χ3n) is 4.08. The molecule has 1 aromatic carbocycles. The normalized spacial score (nSPS) is 23.1. The highest BCUT2D eigenvalue weighted by Gasteiger charge is 2.23. The van der Waals surface area contributed by atoms with Gasteiger partial charge in [-0.05, 0) is 50.3 Å². The van der Waals surface area contributed by atoms with E-state index in [1.54, 1.807) is 0 Å². The summed E-state index contributed by atoms with van der Waals surface area (Å²) in [5, 5.41) is 6.52. The number of carbonyl (C=O) groups is 1. The van der Waals surface area contributed by atoms with Crippen LogP contribution in [0.5, 0.6) is 0 Å². The minimum atomic E-state index is 0.114. The maximum atomic E-state index is 12.2. The van der Waals surface area contributed by atoms with Crippen LogP contribution in [0.3, 0.4) is 0 Å². The Balaban J connectivity index is 1.97. The van der Waals surface area contributed by atoms with E-state index in [2.05, 4.69) is 17.6 Å². The summed E-state index contributed by atoms with van der Waals surface area (Å²) in [6.45, 7) is 7.32. The summed E-state index contributed by atoms with van der Waals surface area (Å²) in [6.07, 6.45) is 3.00. The van der Waals surface area contributed by atoms with Crippen LogP contribution in [-0.2, 0) is 4.79 Å². The summed E-state index contributed by atoms with van der Waals surface area (Å²) >= 11 is 0. The lowest BCUT2D eigenvalue weighted by atomic mass is 9.90. The van der Waals surface area contributed by atoms with Crippen LogP contribution < -0.4 is 10.6 Å². The third kappa shape index (κ3) is 3.57. The molecule has 0 spiro atoms. The number of para-hydroxylation sites is 1. The number of aryl methyl sites for hydroxylation is 2. The van der Waals surface area contributed by atoms with Crippen LogP contribution in [0.1, 0.15) is 37.3 Å². The van der Waals surface area contributed by atoms with E-state index in [4.69, 9.17) is 0 Å². The quantitative estimate of drug-likeness (QED) is 0.877. The van der Waals surface area contributed by atoms with Gasteiger partial charge in [-0.3, -0.25) is 4.79 Å². The van der Waals surface area contributed by atoms with Gasteiger partial charge in [-0.1, -0.05) is 25.1 Å². The molecule has 2 unspecified atom stereocenters. The molecule has 1 aliphatic heterocycles. The molecule has 1 saturated heterocycles. The van der Waals surface area contributed by atoms with Crippen molar-refractivity contribution in [3.8, 4) is 0 Å². The first-order valence-corrected chi connectivity index (χ1v) is 7.17. The molecule has 0 bridgehead atoms. The van der Waals surface area contributed by atoms with Crippen LogP contribution in [0, 0.1) is 19.8 Å². The molecule has 0 saturated carbocycles. The zero-order chi connectivity index (χ0) is 13.8. The molecule has 104 valence electrons. The average Bonchev–Trinajstić information content (AvgIpc) is 2.37. The van der Waals surface area contributed by atoms with E-state index in [1.807, 2.05) is 32.0 Å². The SMILES string of the molecule is Cc1cccc(C)c1NC(=O)CC1NCCCC1C. The zero-order valence-electron chi connectivity index (χ0n) is 12.1. The Hall–Kier alpha value is -1.35. The summed E-state index contributed by atoms with van der Waals surface area (Å²) in [5.74, 6) is 0.695. The second-order valence-electron chi connectivity index (χ2n) is 5.70. The second kappa shape index (κ2) is 6.20. The van der Waals surface area contributed by atoms with Crippen LogP contribution in [0.2, 0.25) is 0 Å². The Morgan fingerprint density at radius 3 is 2.68 bits per heavy atom. The first-order chi connectivity index (χ1) is 9.08. The summed E-state index contributed by atoms with van der Waals surface area (Å²) in [5.41, 5.74) is 3.21. The highest BCUT2D eigenvalue weighted by Crippen LogP contribution is 2.22. The van der Waals surface area contributed by atoms with E-state index >= 15 is 0 Å². The third-order valence-corrected chi connectivity index (χ3v) is 4.08. The largest absolute Gasteiger partial charge is 0.326 e. The standard InChI is InChI=1S/C16H24N2O/c1-11-8-5-9-17-14(11)10-15(19)18-16-12(2)6-4-7-13(16)3/h4,6-7,11,14,17H,5,8-10H2,1-3H3,(H,18,19). The van der Waals surface area contributed by atoms with Crippen molar-refractivity contribution >= 4 is 11.6 Å². The number of hydrogen-bond acceptors (Lipinski definition) is 2. The van der Waals surface area contributed by atoms with Gasteiger partial charge >= 0.3 is 0 Å². The molecule has 2 atom stereocenters. The molecule has 3 nitrogen and oxygen atoms in total. The smallest absolute Gasteiger partial charge is 0.225 e. The zero-order valence-corrected chi connectivity index (χ0v) is 12.1. The van der Waals surface area contributed by atoms with Crippen molar-refractivity contribution in [2.45, 2.75) is 46.1 Å². The van der Waals surface area contributed by atoms with Gasteiger partial charge in [-0.25, -0.2) is 0 Å². The molecule has 1 fully saturated rings. The van der Waals surface area contributed by atoms with Crippen molar-refractivity contribution in [2.75, 3.05) is 11.9 Å². The lowest BCUT2D eigenvalue weighted by Gasteiger charge is -2.29. The van der Waals surface area contributed by atoms with Gasteiger partial charge in [-0.2, -0.15) is 0 Å². The van der Waals surface area contributed by atoms with Gasteiger partial charge in [0.2, 0.25) is 5.91 Å². The Labute approximate surface area is 115 Å². The predicted molar refractivity (Wildman–Crippen MR) is 79.4 cm³/mol. The maximum absolute atomic E-state index is 12.2. The van der Waals surface area contributed by atoms with Crippen LogP contribution >= 0.6 is 0 Å². The second-order valence-corrected chi connectivity index (χ2v) is 5.70. The lowest BCUT2D eigenvalue weighted by molar-refractivity contribution is -0.117. The van der Waals surface area contributed by atoms with Gasteiger partial charge in [0, 0.05) is 18.2 Å². The number of anilines is 1. The molecule has 0 radical (unpaired) electrons. The van der Waals surface area contributed by atoms with Crippen molar-refractivity contribution in [3.05, 3.63) is 29.3 Å². The van der Waals surface area contributed by atoms with Gasteiger partial charge < -0.3 is 10.6 Å². The Kier molecular flexibility index (Phi) is 4.59. The topological polar surface area (TPSA) is 41.1 Å². The summed E-state index contributed by atoms with van der Waals surface area (Å²) in [4.78, 5) is 12.2. The molecule has 3 heteroatoms. The minimum Gasteiger partial charge on any atom is -0.326 e. The monoisotopic (exact) mass is 260 g/mol. The van der Waals surface area contributed by atoms with Gasteiger partial charge in [-0.15, -0.1) is 0 Å². The van der Waals surface area contributed by atoms with Crippen molar-refractivity contribution in [2.24, 2.45) is 5.92 Å². The molecule has 1 aromatic rings. The molecule has 0 aliphatic carbocycles. The molecular formula is C16H24N2O. The van der Waals surface area contributed by atoms with Crippen LogP contribution in [-0.4, -0.2) is 18.5 Å². The number of rotatable bonds is 3. The highest BCUT2D eigenvalue weighted by atomic mass is 16.1. The maximum Gasteiger partial charge on any atom is 0.225 e. The first-order valence-electron chi connectivity index (χ1n) is 7.17. The van der Waals surface area contributed by atoms with Gasteiger partial charge in [0.05, 0.1) is 0 Å². The van der Waals surface area contributed by atoms with Crippen LogP contribution in [0.15, 0.2) is 18.2 Å². The average molecular weight is 260 g/mol. The lowest BCUT2D eigenvalue weighted by Crippen LogP contribution is -2.42. The Bertz CT molecular complexity index is 436. The number of amides is 1. The van der Waals surface area contributed by atoms with E-state index in [-0.39, 0.29) is 5.91 Å². The van der Waals surface area contributed by atoms with E-state index in [1.165, 1.54) is 12.8 Å². The fourth-order valence-electron chi connectivity index (χ4n) is 2.79. The Morgan fingerprint density at radius 2 is 2.05 bits per heavy atom. The van der Waals surface area contributed by atoms with E-state index < -0.39 is 0 Å². The predicted octanol–water partition coefficient (Wildman–Crippen LogP) is 3.02. The first kappa shape index (κ1) is 14.1. The summed E-state index contributed by atoms with van der Waals surface area (Å²) in [6, 6.07) is 6.40. The molecule has 1 aliphatic rings. The summed E-state index contributed by atoms with van der Waals surface area (Å²) in [7, 11) is 0. The molecule has 2 rings (SSSR count). The van der Waals surface area contributed by atoms with E-state index in [0.717, 1.165) is 23.4 Å². The molecular weight excluding hydrogens is 236 g/mol. The highest BCUT2D eigenvalue weighted by molar-refractivity contribution is 5.92. The van der Waals surface area contributed by atoms with E-state index in [0.29, 0.717) is 18.4 Å². The summed E-state index contributed by atoms with van der Waals surface area (Å²) < 4.78 is 0. The Morgan fingerprint density at radius 1 is 1.37 bits per heavy atom. The molecule has 0 aromatic heterocycles. The number of nitrogens with one attached hydrogen (secondary N) is 2. The molecule has 2 N–H and O–H groups in total. The van der Waals surface area contributed by atoms with Crippen molar-refractivity contribution in [3.63, 3.8) is 0 Å². The number of carbonyl (C=O) groups excluding carboxylic acids is 1. The van der Waals surface area contributed by atoms with Crippen LogP contribution in [0.4, 0.5) is 5.69 Å². The molecule has 1 amide bonds. The van der Waals surface area contributed by atoms with Gasteiger partial charge in [0.1, 0.15) is 0 Å². The number of benzene rings is 1. The van der Waals surface area contributed by atoms with Gasteiger partial charge in [0.25, 0.3) is 0 Å². The van der Waals surface area contributed by atoms with Crippen molar-refractivity contribution in [1.82, 2.24) is 5.32 Å². The number of hydrogen-bond donors (Lipinski definition) is 2. The number of piperidine rings is 1. The fraction of sp³-hybridized carbons (Fsp3) is 0.562. The van der Waals surface area contributed by atoms with Gasteiger partial charge in [0.15, 0.2) is 0 Å². The van der Waals surface area contributed by atoms with E-state index in [9.17, 15) is 4.79 Å². The molecule has 1 heterocycles. The van der Waals surface area contributed by atoms with Crippen LogP contribution in [0.25, 0.3) is 0 Å². The minimum absolute atomic E-state index is 0.114.